The van der Waals surface area contributed by atoms with Crippen LogP contribution in [0.5, 0.6) is 0 Å². The van der Waals surface area contributed by atoms with Gasteiger partial charge in [0.15, 0.2) is 0 Å². The van der Waals surface area contributed by atoms with Crippen LogP contribution in [0.25, 0.3) is 11.1 Å². The molecule has 0 aromatic heterocycles. The second-order valence-electron chi connectivity index (χ2n) is 4.55. The monoisotopic (exact) mass is 281 g/mol. The first-order valence-electron chi connectivity index (χ1n) is 6.03. The Morgan fingerprint density at radius 1 is 1.00 bits per heavy atom. The van der Waals surface area contributed by atoms with Crippen molar-refractivity contribution in [3.63, 3.8) is 0 Å². The van der Waals surface area contributed by atoms with E-state index in [9.17, 15) is 18.4 Å². The van der Waals surface area contributed by atoms with Crippen LogP contribution in [0.2, 0.25) is 0 Å². The molecule has 2 rings (SSSR count). The quantitative estimate of drug-likeness (QED) is 0.853. The predicted molar refractivity (Wildman–Crippen MR) is 70.1 cm³/mol. The highest BCUT2D eigenvalue weighted by atomic mass is 19.4. The maximum Gasteiger partial charge on any atom is 0.416 e. The molecule has 2 nitrogen and oxygen atoms in total. The minimum atomic E-state index is -4.33. The molecule has 5 heteroatoms. The maximum absolute atomic E-state index is 12.5. The van der Waals surface area contributed by atoms with Gasteiger partial charge in [-0.25, -0.2) is 0 Å². The van der Waals surface area contributed by atoms with E-state index in [1.807, 2.05) is 24.3 Å². The highest BCUT2D eigenvalue weighted by Gasteiger charge is 2.30. The Morgan fingerprint density at radius 2 is 1.60 bits per heavy atom. The second-order valence-corrected chi connectivity index (χ2v) is 4.55. The van der Waals surface area contributed by atoms with Gasteiger partial charge in [-0.2, -0.15) is 18.2 Å². The third-order valence-corrected chi connectivity index (χ3v) is 2.94. The molecular weight excluding hydrogens is 267 g/mol. The SMILES string of the molecule is CN(O)Cc1ccccc1-c1ccc(C(F)(F)F)cc1. The zero-order chi connectivity index (χ0) is 14.8. The van der Waals surface area contributed by atoms with Gasteiger partial charge in [0.1, 0.15) is 0 Å². The Kier molecular flexibility index (Phi) is 4.11. The first kappa shape index (κ1) is 14.6. The van der Waals surface area contributed by atoms with Crippen LogP contribution < -0.4 is 0 Å². The van der Waals surface area contributed by atoms with Crippen molar-refractivity contribution in [1.29, 1.82) is 0 Å². The van der Waals surface area contributed by atoms with Gasteiger partial charge in [0.2, 0.25) is 0 Å². The molecule has 0 saturated heterocycles. The molecule has 0 saturated carbocycles. The van der Waals surface area contributed by atoms with Crippen molar-refractivity contribution in [1.82, 2.24) is 5.06 Å². The van der Waals surface area contributed by atoms with Gasteiger partial charge < -0.3 is 5.21 Å². The van der Waals surface area contributed by atoms with E-state index in [4.69, 9.17) is 0 Å². The van der Waals surface area contributed by atoms with Crippen LogP contribution >= 0.6 is 0 Å². The van der Waals surface area contributed by atoms with Gasteiger partial charge in [-0.1, -0.05) is 36.4 Å². The van der Waals surface area contributed by atoms with Crippen molar-refractivity contribution >= 4 is 0 Å². The minimum Gasteiger partial charge on any atom is -0.314 e. The fourth-order valence-corrected chi connectivity index (χ4v) is 2.03. The molecule has 0 aliphatic heterocycles. The summed E-state index contributed by atoms with van der Waals surface area (Å²) in [5.41, 5.74) is 1.67. The molecule has 20 heavy (non-hydrogen) atoms. The van der Waals surface area contributed by atoms with Crippen LogP contribution in [0.3, 0.4) is 0 Å². The number of nitrogens with zero attached hydrogens (tertiary/aromatic N) is 1. The summed E-state index contributed by atoms with van der Waals surface area (Å²) < 4.78 is 37.6. The van der Waals surface area contributed by atoms with E-state index in [1.54, 1.807) is 0 Å². The van der Waals surface area contributed by atoms with Crippen molar-refractivity contribution in [3.8, 4) is 11.1 Å². The molecule has 0 spiro atoms. The Labute approximate surface area is 115 Å². The normalized spacial score (nSPS) is 11.9. The summed E-state index contributed by atoms with van der Waals surface area (Å²) in [4.78, 5) is 0. The third kappa shape index (κ3) is 3.37. The topological polar surface area (TPSA) is 23.5 Å². The average Bonchev–Trinajstić information content (AvgIpc) is 2.38. The van der Waals surface area contributed by atoms with E-state index in [0.29, 0.717) is 12.1 Å². The second kappa shape index (κ2) is 5.64. The van der Waals surface area contributed by atoms with Crippen LogP contribution in [-0.2, 0) is 12.7 Å². The summed E-state index contributed by atoms with van der Waals surface area (Å²) in [5, 5.41) is 10.3. The lowest BCUT2D eigenvalue weighted by atomic mass is 9.98. The zero-order valence-electron chi connectivity index (χ0n) is 10.9. The Bertz CT molecular complexity index is 576. The van der Waals surface area contributed by atoms with Gasteiger partial charge in [-0.3, -0.25) is 0 Å². The first-order chi connectivity index (χ1) is 9.38. The lowest BCUT2D eigenvalue weighted by Gasteiger charge is -2.14. The van der Waals surface area contributed by atoms with E-state index in [2.05, 4.69) is 0 Å². The fraction of sp³-hybridized carbons (Fsp3) is 0.200. The van der Waals surface area contributed by atoms with Crippen LogP contribution in [0.1, 0.15) is 11.1 Å². The van der Waals surface area contributed by atoms with Crippen LogP contribution in [0, 0.1) is 0 Å². The van der Waals surface area contributed by atoms with Crippen molar-refractivity contribution < 1.29 is 18.4 Å². The van der Waals surface area contributed by atoms with Crippen molar-refractivity contribution in [2.45, 2.75) is 12.7 Å². The summed E-state index contributed by atoms with van der Waals surface area (Å²) in [6, 6.07) is 12.3. The number of hydroxylamine groups is 2. The van der Waals surface area contributed by atoms with Crippen LogP contribution in [-0.4, -0.2) is 17.3 Å². The van der Waals surface area contributed by atoms with Gasteiger partial charge >= 0.3 is 6.18 Å². The average molecular weight is 281 g/mol. The Morgan fingerprint density at radius 3 is 2.15 bits per heavy atom. The third-order valence-electron chi connectivity index (χ3n) is 2.94. The lowest BCUT2D eigenvalue weighted by molar-refractivity contribution is -0.137. The number of benzene rings is 2. The molecule has 0 aliphatic rings. The van der Waals surface area contributed by atoms with E-state index in [0.717, 1.165) is 28.3 Å². The lowest BCUT2D eigenvalue weighted by Crippen LogP contribution is -2.12. The summed E-state index contributed by atoms with van der Waals surface area (Å²) in [5.74, 6) is 0. The number of halogens is 3. The largest absolute Gasteiger partial charge is 0.416 e. The Balaban J connectivity index is 2.37. The molecule has 0 radical (unpaired) electrons. The number of hydrogen-bond acceptors (Lipinski definition) is 2. The van der Waals surface area contributed by atoms with E-state index in [-0.39, 0.29) is 0 Å². The van der Waals surface area contributed by atoms with Crippen molar-refractivity contribution in [3.05, 3.63) is 59.7 Å². The first-order valence-corrected chi connectivity index (χ1v) is 6.03. The van der Waals surface area contributed by atoms with Crippen molar-refractivity contribution in [2.24, 2.45) is 0 Å². The van der Waals surface area contributed by atoms with E-state index < -0.39 is 11.7 Å². The molecule has 1 N–H and O–H groups in total. The molecule has 0 atom stereocenters. The predicted octanol–water partition coefficient (Wildman–Crippen LogP) is 4.19. The maximum atomic E-state index is 12.5. The molecule has 2 aromatic rings. The van der Waals surface area contributed by atoms with Crippen LogP contribution in [0.15, 0.2) is 48.5 Å². The molecule has 0 amide bonds. The number of rotatable bonds is 3. The molecular formula is C15H14F3NO. The summed E-state index contributed by atoms with van der Waals surface area (Å²) in [6.45, 7) is 0.303. The highest BCUT2D eigenvalue weighted by Crippen LogP contribution is 2.31. The molecule has 0 fully saturated rings. The van der Waals surface area contributed by atoms with Crippen molar-refractivity contribution in [2.75, 3.05) is 7.05 Å². The molecule has 106 valence electrons. The van der Waals surface area contributed by atoms with Gasteiger partial charge in [0.05, 0.1) is 5.56 Å². The highest BCUT2D eigenvalue weighted by molar-refractivity contribution is 5.67. The zero-order valence-corrected chi connectivity index (χ0v) is 10.9. The van der Waals surface area contributed by atoms with Gasteiger partial charge in [0.25, 0.3) is 0 Å². The Hall–Kier alpha value is -1.85. The number of hydrogen-bond donors (Lipinski definition) is 1. The summed E-state index contributed by atoms with van der Waals surface area (Å²) >= 11 is 0. The standard InChI is InChI=1S/C15H14F3NO/c1-19(20)10-12-4-2-3-5-14(12)11-6-8-13(9-7-11)15(16,17)18/h2-9,20H,10H2,1H3. The number of alkyl halides is 3. The summed E-state index contributed by atoms with van der Waals surface area (Å²) in [6.07, 6.45) is -4.33. The van der Waals surface area contributed by atoms with Gasteiger partial charge in [-0.05, 0) is 28.8 Å². The van der Waals surface area contributed by atoms with Crippen LogP contribution in [0.4, 0.5) is 13.2 Å². The molecule has 0 heterocycles. The molecule has 2 aromatic carbocycles. The fourth-order valence-electron chi connectivity index (χ4n) is 2.03. The van der Waals surface area contributed by atoms with E-state index >= 15 is 0 Å². The van der Waals surface area contributed by atoms with Gasteiger partial charge in [0, 0.05) is 13.6 Å². The minimum absolute atomic E-state index is 0.303. The summed E-state index contributed by atoms with van der Waals surface area (Å²) in [7, 11) is 1.52. The molecule has 0 unspecified atom stereocenters. The molecule has 0 aliphatic carbocycles. The smallest absolute Gasteiger partial charge is 0.314 e. The van der Waals surface area contributed by atoms with Gasteiger partial charge in [-0.15, -0.1) is 0 Å². The molecule has 0 bridgehead atoms. The van der Waals surface area contributed by atoms with E-state index in [1.165, 1.54) is 19.2 Å².